The number of carbonyl (C=O) groups is 1. The first-order chi connectivity index (χ1) is 17.4. The number of ketones is 1. The summed E-state index contributed by atoms with van der Waals surface area (Å²) in [7, 11) is 0. The van der Waals surface area contributed by atoms with Crippen molar-refractivity contribution in [1.82, 2.24) is 4.57 Å². The molecule has 1 aromatic heterocycles. The van der Waals surface area contributed by atoms with Gasteiger partial charge in [0.05, 0.1) is 11.1 Å². The highest BCUT2D eigenvalue weighted by Gasteiger charge is 2.76. The fraction of sp³-hybridized carbons (Fsp3) is 0.167. The van der Waals surface area contributed by atoms with Crippen LogP contribution >= 0.6 is 0 Å². The highest BCUT2D eigenvalue weighted by molar-refractivity contribution is 6.13. The van der Waals surface area contributed by atoms with E-state index in [2.05, 4.69) is 0 Å². The Kier molecular flexibility index (Phi) is 6.00. The Bertz CT molecular complexity index is 1630. The maximum atomic E-state index is 14.3. The molecule has 0 aliphatic heterocycles. The highest BCUT2D eigenvalue weighted by atomic mass is 19.4. The van der Waals surface area contributed by atoms with Crippen LogP contribution in [0.3, 0.4) is 0 Å². The lowest BCUT2D eigenvalue weighted by Gasteiger charge is -2.27. The van der Waals surface area contributed by atoms with E-state index in [9.17, 15) is 58.6 Å². The zero-order valence-corrected chi connectivity index (χ0v) is 18.3. The van der Waals surface area contributed by atoms with Crippen molar-refractivity contribution in [3.05, 3.63) is 82.1 Å². The van der Waals surface area contributed by atoms with Gasteiger partial charge >= 0.3 is 24.2 Å². The first kappa shape index (κ1) is 26.9. The summed E-state index contributed by atoms with van der Waals surface area (Å²) in [5, 5.41) is 10.4. The van der Waals surface area contributed by atoms with Gasteiger partial charge in [0.15, 0.2) is 0 Å². The SMILES string of the molecule is O=C(c1c(O)c2ccc3ccccc3c2n(-c2ccc(C(F)(F)F)cc2)c1=O)C(F)(F)C(F)(F)C(F)(F)F. The van der Waals surface area contributed by atoms with Gasteiger partial charge in [0.1, 0.15) is 11.3 Å². The van der Waals surface area contributed by atoms with Gasteiger partial charge in [-0.1, -0.05) is 30.3 Å². The molecule has 1 heterocycles. The molecule has 0 spiro atoms. The predicted molar refractivity (Wildman–Crippen MR) is 114 cm³/mol. The standard InChI is InChI=1S/C24H11F10NO3/c25-21(26,23(30,31)24(32,33)34)19(37)16-18(36)15-10-5-11-3-1-2-4-14(11)17(15)35(20(16)38)13-8-6-12(7-9-13)22(27,28)29/h1-10,36H. The Labute approximate surface area is 204 Å². The molecule has 0 unspecified atom stereocenters. The second-order valence-corrected chi connectivity index (χ2v) is 8.07. The summed E-state index contributed by atoms with van der Waals surface area (Å²) in [6, 6.07) is 10.4. The zero-order valence-electron chi connectivity index (χ0n) is 18.3. The molecule has 200 valence electrons. The molecule has 0 aliphatic rings. The summed E-state index contributed by atoms with van der Waals surface area (Å²) in [4.78, 5) is 25.7. The van der Waals surface area contributed by atoms with Crippen LogP contribution in [0.15, 0.2) is 65.5 Å². The minimum Gasteiger partial charge on any atom is -0.506 e. The summed E-state index contributed by atoms with van der Waals surface area (Å²) in [5.74, 6) is -18.4. The van der Waals surface area contributed by atoms with Gasteiger partial charge in [-0.25, -0.2) is 0 Å². The van der Waals surface area contributed by atoms with Gasteiger partial charge in [0.25, 0.3) is 5.56 Å². The summed E-state index contributed by atoms with van der Waals surface area (Å²) >= 11 is 0. The van der Waals surface area contributed by atoms with Gasteiger partial charge in [-0.3, -0.25) is 14.2 Å². The average molecular weight is 551 g/mol. The first-order valence-corrected chi connectivity index (χ1v) is 10.3. The van der Waals surface area contributed by atoms with Crippen molar-refractivity contribution < 1.29 is 53.8 Å². The van der Waals surface area contributed by atoms with Crippen LogP contribution in [0.5, 0.6) is 5.75 Å². The minimum atomic E-state index is -6.94. The maximum Gasteiger partial charge on any atom is 0.460 e. The summed E-state index contributed by atoms with van der Waals surface area (Å²) in [5.41, 5.74) is -6.11. The van der Waals surface area contributed by atoms with Crippen LogP contribution in [0.25, 0.3) is 27.4 Å². The van der Waals surface area contributed by atoms with E-state index < -0.39 is 63.5 Å². The van der Waals surface area contributed by atoms with Crippen LogP contribution < -0.4 is 5.56 Å². The number of aromatic hydroxyl groups is 1. The van der Waals surface area contributed by atoms with Crippen molar-refractivity contribution in [2.45, 2.75) is 24.2 Å². The number of Topliss-reactive ketones (excluding diaryl/α,β-unsaturated/α-hetero) is 1. The van der Waals surface area contributed by atoms with Crippen LogP contribution in [0, 0.1) is 0 Å². The normalized spacial score (nSPS) is 13.3. The fourth-order valence-corrected chi connectivity index (χ4v) is 3.86. The first-order valence-electron chi connectivity index (χ1n) is 10.3. The summed E-state index contributed by atoms with van der Waals surface area (Å²) in [6.07, 6.45) is -11.7. The topological polar surface area (TPSA) is 59.3 Å². The van der Waals surface area contributed by atoms with Gasteiger partial charge in [-0.15, -0.1) is 0 Å². The van der Waals surface area contributed by atoms with Crippen LogP contribution in [-0.4, -0.2) is 33.5 Å². The number of halogens is 10. The lowest BCUT2D eigenvalue weighted by atomic mass is 9.96. The number of nitrogens with zero attached hydrogens (tertiary/aromatic N) is 1. The van der Waals surface area contributed by atoms with Gasteiger partial charge in [-0.05, 0) is 35.7 Å². The van der Waals surface area contributed by atoms with Crippen LogP contribution in [-0.2, 0) is 6.18 Å². The van der Waals surface area contributed by atoms with Crippen molar-refractivity contribution >= 4 is 27.5 Å². The molecule has 4 aromatic rings. The molecule has 14 heteroatoms. The predicted octanol–water partition coefficient (Wildman–Crippen LogP) is 6.88. The van der Waals surface area contributed by atoms with Crippen molar-refractivity contribution in [2.24, 2.45) is 0 Å². The molecule has 0 aliphatic carbocycles. The number of pyridine rings is 1. The molecule has 0 fully saturated rings. The number of alkyl halides is 10. The van der Waals surface area contributed by atoms with Crippen molar-refractivity contribution in [2.75, 3.05) is 0 Å². The Morgan fingerprint density at radius 2 is 1.32 bits per heavy atom. The molecule has 4 nitrogen and oxygen atoms in total. The molecule has 38 heavy (non-hydrogen) atoms. The lowest BCUT2D eigenvalue weighted by Crippen LogP contribution is -2.57. The number of carbonyl (C=O) groups excluding carboxylic acids is 1. The number of hydrogen-bond donors (Lipinski definition) is 1. The van der Waals surface area contributed by atoms with E-state index in [1.807, 2.05) is 0 Å². The molecule has 0 bridgehead atoms. The molecule has 0 saturated carbocycles. The quantitative estimate of drug-likeness (QED) is 0.171. The van der Waals surface area contributed by atoms with Gasteiger partial charge in [0.2, 0.25) is 5.78 Å². The number of aromatic nitrogens is 1. The van der Waals surface area contributed by atoms with Crippen molar-refractivity contribution in [1.29, 1.82) is 0 Å². The largest absolute Gasteiger partial charge is 0.506 e. The van der Waals surface area contributed by atoms with E-state index in [0.29, 0.717) is 34.2 Å². The summed E-state index contributed by atoms with van der Waals surface area (Å²) in [6.45, 7) is 0. The maximum absolute atomic E-state index is 14.3. The number of hydrogen-bond acceptors (Lipinski definition) is 3. The Hall–Kier alpha value is -4.10. The third kappa shape index (κ3) is 3.94. The molecule has 3 aromatic carbocycles. The molecular weight excluding hydrogens is 540 g/mol. The van der Waals surface area contributed by atoms with E-state index in [4.69, 9.17) is 0 Å². The number of benzene rings is 3. The van der Waals surface area contributed by atoms with E-state index in [0.717, 1.165) is 6.07 Å². The molecular formula is C24H11F10NO3. The Morgan fingerprint density at radius 1 is 0.737 bits per heavy atom. The highest BCUT2D eigenvalue weighted by Crippen LogP contribution is 2.48. The van der Waals surface area contributed by atoms with Gasteiger partial charge in [0, 0.05) is 16.5 Å². The second-order valence-electron chi connectivity index (χ2n) is 8.07. The molecule has 0 atom stereocenters. The van der Waals surface area contributed by atoms with Crippen molar-refractivity contribution in [3.8, 4) is 11.4 Å². The fourth-order valence-electron chi connectivity index (χ4n) is 3.86. The third-order valence-electron chi connectivity index (χ3n) is 5.75. The van der Waals surface area contributed by atoms with E-state index >= 15 is 0 Å². The zero-order chi connectivity index (χ0) is 28.4. The smallest absolute Gasteiger partial charge is 0.460 e. The Balaban J connectivity index is 2.13. The molecule has 4 rings (SSSR count). The third-order valence-corrected chi connectivity index (χ3v) is 5.75. The van der Waals surface area contributed by atoms with Crippen LogP contribution in [0.2, 0.25) is 0 Å². The number of rotatable bonds is 4. The minimum absolute atomic E-state index is 0.101. The van der Waals surface area contributed by atoms with E-state index in [1.54, 1.807) is 0 Å². The second kappa shape index (κ2) is 8.46. The monoisotopic (exact) mass is 551 g/mol. The van der Waals surface area contributed by atoms with Gasteiger partial charge in [-0.2, -0.15) is 43.9 Å². The molecule has 0 amide bonds. The lowest BCUT2D eigenvalue weighted by molar-refractivity contribution is -0.339. The van der Waals surface area contributed by atoms with Crippen LogP contribution in [0.1, 0.15) is 15.9 Å². The van der Waals surface area contributed by atoms with E-state index in [1.165, 1.54) is 30.3 Å². The molecule has 0 saturated heterocycles. The molecule has 0 radical (unpaired) electrons. The van der Waals surface area contributed by atoms with Crippen LogP contribution in [0.4, 0.5) is 43.9 Å². The summed E-state index contributed by atoms with van der Waals surface area (Å²) < 4.78 is 133. The van der Waals surface area contributed by atoms with Gasteiger partial charge < -0.3 is 5.11 Å². The average Bonchev–Trinajstić information content (AvgIpc) is 2.82. The number of fused-ring (bicyclic) bond motifs is 3. The Morgan fingerprint density at radius 3 is 1.87 bits per heavy atom. The van der Waals surface area contributed by atoms with Crippen molar-refractivity contribution in [3.63, 3.8) is 0 Å². The molecule has 1 N–H and O–H groups in total. The van der Waals surface area contributed by atoms with E-state index in [-0.39, 0.29) is 10.9 Å².